The van der Waals surface area contributed by atoms with Crippen molar-refractivity contribution in [1.29, 1.82) is 0 Å². The molecule has 3 nitrogen and oxygen atoms in total. The first kappa shape index (κ1) is 24.3. The zero-order valence-electron chi connectivity index (χ0n) is 22.3. The maximum Gasteiger partial charge on any atom is 0.168 e. The molecule has 0 saturated heterocycles. The van der Waals surface area contributed by atoms with Crippen LogP contribution in [0.15, 0.2) is 97.2 Å². The third kappa shape index (κ3) is 4.06. The number of aromatic nitrogens is 3. The molecule has 3 aromatic heterocycles. The average molecular weight is 514 g/mol. The van der Waals surface area contributed by atoms with E-state index in [1.807, 2.05) is 25.2 Å². The molecule has 0 amide bonds. The van der Waals surface area contributed by atoms with E-state index >= 15 is 0 Å². The molecular formula is C34H31N3S. The quantitative estimate of drug-likeness (QED) is 0.234. The van der Waals surface area contributed by atoms with E-state index in [1.165, 1.54) is 42.2 Å². The summed E-state index contributed by atoms with van der Waals surface area (Å²) in [4.78, 5) is 0. The second-order valence-electron chi connectivity index (χ2n) is 9.87. The third-order valence-corrected chi connectivity index (χ3v) is 8.20. The fourth-order valence-electron chi connectivity index (χ4n) is 5.35. The number of thiophene rings is 1. The lowest BCUT2D eigenvalue weighted by atomic mass is 9.99. The summed E-state index contributed by atoms with van der Waals surface area (Å²) in [6.45, 7) is 8.53. The van der Waals surface area contributed by atoms with Crippen molar-refractivity contribution < 1.29 is 0 Å². The van der Waals surface area contributed by atoms with E-state index in [9.17, 15) is 0 Å². The number of pyridine rings is 1. The first-order chi connectivity index (χ1) is 18.7. The molecule has 4 aromatic carbocycles. The standard InChI is InChI=1S/C32H25N3S.C2H6/c1-20(2)18-23-19-35-31(33-34-32(35)28-10-4-3-8-24(23)28)22-16-14-21(15-17-22)25-11-7-12-27-26-9-5-6-13-29(26)36-30(25)27;1-2/h3-17,19-20H,18H2,1-2H3;1-2H3. The van der Waals surface area contributed by atoms with Gasteiger partial charge in [-0.25, -0.2) is 0 Å². The molecule has 188 valence electrons. The molecule has 38 heavy (non-hydrogen) atoms. The molecule has 0 aliphatic heterocycles. The lowest BCUT2D eigenvalue weighted by molar-refractivity contribution is 0.648. The number of benzene rings is 4. The van der Waals surface area contributed by atoms with E-state index < -0.39 is 0 Å². The zero-order chi connectivity index (χ0) is 26.2. The minimum atomic E-state index is 0.571. The summed E-state index contributed by atoms with van der Waals surface area (Å²) in [6.07, 6.45) is 3.25. The summed E-state index contributed by atoms with van der Waals surface area (Å²) in [5.41, 5.74) is 5.81. The molecule has 4 heteroatoms. The Balaban J connectivity index is 0.00000129. The van der Waals surface area contributed by atoms with Gasteiger partial charge in [0.15, 0.2) is 11.5 Å². The lowest BCUT2D eigenvalue weighted by Crippen LogP contribution is -2.00. The average Bonchev–Trinajstić information content (AvgIpc) is 3.56. The van der Waals surface area contributed by atoms with Crippen LogP contribution in [0.1, 0.15) is 33.3 Å². The number of nitrogens with zero attached hydrogens (tertiary/aromatic N) is 3. The van der Waals surface area contributed by atoms with Crippen molar-refractivity contribution in [2.24, 2.45) is 5.92 Å². The molecule has 0 spiro atoms. The van der Waals surface area contributed by atoms with Crippen molar-refractivity contribution in [3.05, 3.63) is 103 Å². The Hall–Kier alpha value is -4.02. The minimum absolute atomic E-state index is 0.571. The fraction of sp³-hybridized carbons (Fsp3) is 0.176. The Kier molecular flexibility index (Phi) is 6.42. The van der Waals surface area contributed by atoms with Crippen LogP contribution in [0.3, 0.4) is 0 Å². The van der Waals surface area contributed by atoms with Gasteiger partial charge >= 0.3 is 0 Å². The van der Waals surface area contributed by atoms with Crippen molar-refractivity contribution in [2.75, 3.05) is 0 Å². The monoisotopic (exact) mass is 513 g/mol. The summed E-state index contributed by atoms with van der Waals surface area (Å²) >= 11 is 1.87. The first-order valence-corrected chi connectivity index (χ1v) is 14.3. The van der Waals surface area contributed by atoms with E-state index in [0.717, 1.165) is 28.8 Å². The van der Waals surface area contributed by atoms with Gasteiger partial charge in [-0.3, -0.25) is 4.40 Å². The molecule has 0 atom stereocenters. The van der Waals surface area contributed by atoms with Gasteiger partial charge in [0.2, 0.25) is 0 Å². The molecule has 0 N–H and O–H groups in total. The van der Waals surface area contributed by atoms with Crippen molar-refractivity contribution in [2.45, 2.75) is 34.1 Å². The summed E-state index contributed by atoms with van der Waals surface area (Å²) in [5, 5.41) is 14.3. The van der Waals surface area contributed by atoms with Crippen molar-refractivity contribution >= 4 is 47.9 Å². The molecule has 3 heterocycles. The van der Waals surface area contributed by atoms with Gasteiger partial charge in [0.1, 0.15) is 0 Å². The Bertz CT molecular complexity index is 1890. The second-order valence-corrected chi connectivity index (χ2v) is 10.9. The molecular weight excluding hydrogens is 482 g/mol. The summed E-state index contributed by atoms with van der Waals surface area (Å²) < 4.78 is 4.84. The van der Waals surface area contributed by atoms with E-state index in [1.54, 1.807) is 0 Å². The van der Waals surface area contributed by atoms with Crippen LogP contribution in [0, 0.1) is 5.92 Å². The highest BCUT2D eigenvalue weighted by Gasteiger charge is 2.15. The molecule has 0 aliphatic carbocycles. The van der Waals surface area contributed by atoms with Gasteiger partial charge in [-0.2, -0.15) is 0 Å². The van der Waals surface area contributed by atoms with E-state index in [0.29, 0.717) is 5.92 Å². The Morgan fingerprint density at radius 3 is 2.11 bits per heavy atom. The minimum Gasteiger partial charge on any atom is -0.282 e. The molecule has 7 rings (SSSR count). The van der Waals surface area contributed by atoms with Crippen LogP contribution in [-0.2, 0) is 6.42 Å². The number of hydrogen-bond donors (Lipinski definition) is 0. The maximum absolute atomic E-state index is 4.63. The summed E-state index contributed by atoms with van der Waals surface area (Å²) in [7, 11) is 0. The van der Waals surface area contributed by atoms with Crippen molar-refractivity contribution in [1.82, 2.24) is 14.6 Å². The topological polar surface area (TPSA) is 30.2 Å². The lowest BCUT2D eigenvalue weighted by Gasteiger charge is -2.11. The van der Waals surface area contributed by atoms with Gasteiger partial charge in [-0.1, -0.05) is 113 Å². The molecule has 0 radical (unpaired) electrons. The number of rotatable bonds is 4. The van der Waals surface area contributed by atoms with Gasteiger partial charge in [0.25, 0.3) is 0 Å². The van der Waals surface area contributed by atoms with Crippen molar-refractivity contribution in [3.63, 3.8) is 0 Å². The van der Waals surface area contributed by atoms with Gasteiger partial charge < -0.3 is 0 Å². The highest BCUT2D eigenvalue weighted by Crippen LogP contribution is 2.40. The Morgan fingerprint density at radius 2 is 1.34 bits per heavy atom. The van der Waals surface area contributed by atoms with Crippen LogP contribution >= 0.6 is 11.3 Å². The normalized spacial score (nSPS) is 11.5. The predicted molar refractivity (Wildman–Crippen MR) is 164 cm³/mol. The predicted octanol–water partition coefficient (Wildman–Crippen LogP) is 9.81. The van der Waals surface area contributed by atoms with Crippen LogP contribution < -0.4 is 0 Å². The number of hydrogen-bond acceptors (Lipinski definition) is 3. The summed E-state index contributed by atoms with van der Waals surface area (Å²) in [5.74, 6) is 1.45. The largest absolute Gasteiger partial charge is 0.282 e. The maximum atomic E-state index is 4.63. The van der Waals surface area contributed by atoms with Gasteiger partial charge in [0, 0.05) is 37.3 Å². The molecule has 0 saturated carbocycles. The Labute approximate surface area is 227 Å². The first-order valence-electron chi connectivity index (χ1n) is 13.4. The van der Waals surface area contributed by atoms with E-state index in [2.05, 4.69) is 126 Å². The van der Waals surface area contributed by atoms with Crippen LogP contribution in [0.2, 0.25) is 0 Å². The molecule has 7 aromatic rings. The van der Waals surface area contributed by atoms with Crippen molar-refractivity contribution in [3.8, 4) is 22.5 Å². The molecule has 0 fully saturated rings. The highest BCUT2D eigenvalue weighted by atomic mass is 32.1. The van der Waals surface area contributed by atoms with Crippen LogP contribution in [0.25, 0.3) is 59.1 Å². The number of fused-ring (bicyclic) bond motifs is 6. The van der Waals surface area contributed by atoms with E-state index in [-0.39, 0.29) is 0 Å². The molecule has 0 bridgehead atoms. The Morgan fingerprint density at radius 1 is 0.684 bits per heavy atom. The van der Waals surface area contributed by atoms with Crippen LogP contribution in [-0.4, -0.2) is 14.6 Å². The molecule has 0 unspecified atom stereocenters. The molecule has 0 aliphatic rings. The SMILES string of the molecule is CC.CC(C)Cc1cn2c(-c3ccc(-c4cccc5c4sc4ccccc45)cc3)nnc2c2ccccc12. The van der Waals surface area contributed by atoms with E-state index in [4.69, 9.17) is 0 Å². The van der Waals surface area contributed by atoms with Gasteiger partial charge in [-0.05, 0) is 40.5 Å². The zero-order valence-corrected chi connectivity index (χ0v) is 23.1. The van der Waals surface area contributed by atoms with Crippen LogP contribution in [0.4, 0.5) is 0 Å². The third-order valence-electron chi connectivity index (χ3n) is 6.98. The summed E-state index contributed by atoms with van der Waals surface area (Å²) in [6, 6.07) is 32.6. The highest BCUT2D eigenvalue weighted by molar-refractivity contribution is 7.26. The second kappa shape index (κ2) is 10.0. The van der Waals surface area contributed by atoms with Gasteiger partial charge in [0.05, 0.1) is 0 Å². The fourth-order valence-corrected chi connectivity index (χ4v) is 6.59. The smallest absolute Gasteiger partial charge is 0.168 e. The van der Waals surface area contributed by atoms with Gasteiger partial charge in [-0.15, -0.1) is 21.5 Å². The van der Waals surface area contributed by atoms with Crippen LogP contribution in [0.5, 0.6) is 0 Å².